The first-order valence-electron chi connectivity index (χ1n) is 8.79. The molecule has 1 saturated carbocycles. The van der Waals surface area contributed by atoms with Gasteiger partial charge in [-0.3, -0.25) is 0 Å². The maximum absolute atomic E-state index is 13.3. The summed E-state index contributed by atoms with van der Waals surface area (Å²) in [4.78, 5) is 0.211. The predicted octanol–water partition coefficient (Wildman–Crippen LogP) is 3.89. The van der Waals surface area contributed by atoms with Gasteiger partial charge in [-0.15, -0.1) is 0 Å². The van der Waals surface area contributed by atoms with Gasteiger partial charge >= 0.3 is 0 Å². The van der Waals surface area contributed by atoms with Crippen LogP contribution in [0.1, 0.15) is 38.5 Å². The lowest BCUT2D eigenvalue weighted by Gasteiger charge is -2.33. The van der Waals surface area contributed by atoms with E-state index in [9.17, 15) is 13.5 Å². The Labute approximate surface area is 143 Å². The van der Waals surface area contributed by atoms with Gasteiger partial charge in [-0.1, -0.05) is 37.1 Å². The molecule has 5 heteroatoms. The Morgan fingerprint density at radius 3 is 2.71 bits per heavy atom. The third-order valence-electron chi connectivity index (χ3n) is 5.57. The Kier molecular flexibility index (Phi) is 4.01. The lowest BCUT2D eigenvalue weighted by Crippen LogP contribution is -2.41. The molecule has 128 valence electrons. The number of aromatic hydroxyl groups is 1. The third kappa shape index (κ3) is 2.70. The molecule has 1 heterocycles. The lowest BCUT2D eigenvalue weighted by atomic mass is 9.84. The zero-order valence-electron chi connectivity index (χ0n) is 13.7. The highest BCUT2D eigenvalue weighted by molar-refractivity contribution is 7.89. The minimum atomic E-state index is -3.58. The SMILES string of the molecule is O=S(=O)(c1cc(O)c2ccccc2c1)N1CCCC2CCCC1C2. The molecule has 0 aromatic heterocycles. The third-order valence-corrected chi connectivity index (χ3v) is 7.50. The number of rotatable bonds is 2. The highest BCUT2D eigenvalue weighted by Gasteiger charge is 2.37. The van der Waals surface area contributed by atoms with Gasteiger partial charge in [-0.2, -0.15) is 4.31 Å². The minimum absolute atomic E-state index is 0.0306. The molecule has 4 rings (SSSR count). The molecule has 2 fully saturated rings. The Morgan fingerprint density at radius 1 is 1.04 bits per heavy atom. The zero-order chi connectivity index (χ0) is 16.7. The number of hydrogen-bond acceptors (Lipinski definition) is 3. The lowest BCUT2D eigenvalue weighted by molar-refractivity contribution is 0.238. The molecule has 1 N–H and O–H groups in total. The average molecular weight is 345 g/mol. The minimum Gasteiger partial charge on any atom is -0.507 e. The van der Waals surface area contributed by atoms with Crippen LogP contribution in [0, 0.1) is 5.92 Å². The molecule has 0 amide bonds. The molecule has 1 aliphatic heterocycles. The molecule has 24 heavy (non-hydrogen) atoms. The van der Waals surface area contributed by atoms with E-state index >= 15 is 0 Å². The summed E-state index contributed by atoms with van der Waals surface area (Å²) in [6.07, 6.45) is 6.35. The van der Waals surface area contributed by atoms with Gasteiger partial charge in [-0.05, 0) is 43.1 Å². The Hall–Kier alpha value is -1.59. The molecule has 1 saturated heterocycles. The Balaban J connectivity index is 1.76. The summed E-state index contributed by atoms with van der Waals surface area (Å²) >= 11 is 0. The largest absolute Gasteiger partial charge is 0.507 e. The van der Waals surface area contributed by atoms with Crippen LogP contribution in [0.15, 0.2) is 41.3 Å². The standard InChI is InChI=1S/C19H23NO3S/c21-19-13-17(12-15-7-1-2-9-18(15)19)24(22,23)20-10-4-6-14-5-3-8-16(20)11-14/h1-2,7,9,12-14,16,21H,3-6,8,10-11H2. The highest BCUT2D eigenvalue weighted by Crippen LogP contribution is 2.37. The van der Waals surface area contributed by atoms with Crippen molar-refractivity contribution >= 4 is 20.8 Å². The molecule has 2 aromatic carbocycles. The van der Waals surface area contributed by atoms with E-state index in [1.54, 1.807) is 16.4 Å². The number of nitrogens with zero attached hydrogens (tertiary/aromatic N) is 1. The fraction of sp³-hybridized carbons (Fsp3) is 0.474. The fourth-order valence-electron chi connectivity index (χ4n) is 4.37. The number of hydrogen-bond donors (Lipinski definition) is 1. The van der Waals surface area contributed by atoms with Crippen LogP contribution >= 0.6 is 0 Å². The van der Waals surface area contributed by atoms with Gasteiger partial charge in [0.15, 0.2) is 0 Å². The second kappa shape index (κ2) is 6.05. The molecule has 2 bridgehead atoms. The van der Waals surface area contributed by atoms with Crippen molar-refractivity contribution in [2.45, 2.75) is 49.5 Å². The van der Waals surface area contributed by atoms with Crippen molar-refractivity contribution in [2.24, 2.45) is 5.92 Å². The monoisotopic (exact) mass is 345 g/mol. The summed E-state index contributed by atoms with van der Waals surface area (Å²) in [5.41, 5.74) is 0. The van der Waals surface area contributed by atoms with Gasteiger partial charge in [-0.25, -0.2) is 8.42 Å². The summed E-state index contributed by atoms with van der Waals surface area (Å²) in [6, 6.07) is 10.6. The topological polar surface area (TPSA) is 57.6 Å². The van der Waals surface area contributed by atoms with Gasteiger partial charge < -0.3 is 5.11 Å². The van der Waals surface area contributed by atoms with Crippen molar-refractivity contribution in [1.29, 1.82) is 0 Å². The normalized spacial score (nSPS) is 25.5. The number of fused-ring (bicyclic) bond motifs is 3. The van der Waals surface area contributed by atoms with Gasteiger partial charge in [0.2, 0.25) is 10.0 Å². The van der Waals surface area contributed by atoms with E-state index in [1.165, 1.54) is 12.5 Å². The molecule has 2 aromatic rings. The molecular weight excluding hydrogens is 322 g/mol. The van der Waals surface area contributed by atoms with Crippen LogP contribution in [0.2, 0.25) is 0 Å². The maximum Gasteiger partial charge on any atom is 0.243 e. The van der Waals surface area contributed by atoms with E-state index < -0.39 is 10.0 Å². The van der Waals surface area contributed by atoms with Crippen molar-refractivity contribution < 1.29 is 13.5 Å². The molecular formula is C19H23NO3S. The van der Waals surface area contributed by atoms with Crippen LogP contribution in [-0.2, 0) is 10.0 Å². The van der Waals surface area contributed by atoms with Crippen LogP contribution in [0.5, 0.6) is 5.75 Å². The van der Waals surface area contributed by atoms with Gasteiger partial charge in [0.25, 0.3) is 0 Å². The smallest absolute Gasteiger partial charge is 0.243 e. The number of phenolic OH excluding ortho intramolecular Hbond substituents is 1. The molecule has 4 nitrogen and oxygen atoms in total. The van der Waals surface area contributed by atoms with Crippen LogP contribution in [0.3, 0.4) is 0 Å². The van der Waals surface area contributed by atoms with E-state index in [-0.39, 0.29) is 16.7 Å². The number of phenols is 1. The van der Waals surface area contributed by atoms with Crippen molar-refractivity contribution in [2.75, 3.05) is 6.54 Å². The van der Waals surface area contributed by atoms with E-state index in [2.05, 4.69) is 0 Å². The van der Waals surface area contributed by atoms with Crippen LogP contribution in [-0.4, -0.2) is 30.4 Å². The van der Waals surface area contributed by atoms with E-state index in [1.807, 2.05) is 18.2 Å². The first kappa shape index (κ1) is 15.9. The Morgan fingerprint density at radius 2 is 1.83 bits per heavy atom. The van der Waals surface area contributed by atoms with Gasteiger partial charge in [0.05, 0.1) is 4.90 Å². The first-order valence-corrected chi connectivity index (χ1v) is 10.2. The summed E-state index contributed by atoms with van der Waals surface area (Å²) in [5.74, 6) is 0.706. The molecule has 0 radical (unpaired) electrons. The summed E-state index contributed by atoms with van der Waals surface area (Å²) in [6.45, 7) is 0.594. The van der Waals surface area contributed by atoms with Crippen molar-refractivity contribution in [3.63, 3.8) is 0 Å². The average Bonchev–Trinajstić information content (AvgIpc) is 2.73. The van der Waals surface area contributed by atoms with E-state index in [0.29, 0.717) is 17.8 Å². The maximum atomic E-state index is 13.3. The molecule has 0 spiro atoms. The predicted molar refractivity (Wildman–Crippen MR) is 94.5 cm³/mol. The van der Waals surface area contributed by atoms with Crippen LogP contribution < -0.4 is 0 Å². The fourth-order valence-corrected chi connectivity index (χ4v) is 6.13. The highest BCUT2D eigenvalue weighted by atomic mass is 32.2. The molecule has 2 unspecified atom stereocenters. The summed E-state index contributed by atoms with van der Waals surface area (Å²) in [5, 5.41) is 11.7. The molecule has 2 atom stereocenters. The molecule has 1 aliphatic carbocycles. The number of sulfonamides is 1. The van der Waals surface area contributed by atoms with Crippen molar-refractivity contribution in [1.82, 2.24) is 4.31 Å². The van der Waals surface area contributed by atoms with Crippen LogP contribution in [0.25, 0.3) is 10.8 Å². The Bertz CT molecular complexity index is 862. The van der Waals surface area contributed by atoms with Crippen molar-refractivity contribution in [3.05, 3.63) is 36.4 Å². The van der Waals surface area contributed by atoms with Crippen LogP contribution in [0.4, 0.5) is 0 Å². The first-order chi connectivity index (χ1) is 11.6. The van der Waals surface area contributed by atoms with E-state index in [0.717, 1.165) is 37.5 Å². The summed E-state index contributed by atoms with van der Waals surface area (Å²) < 4.78 is 28.2. The second-order valence-corrected chi connectivity index (χ2v) is 9.00. The summed E-state index contributed by atoms with van der Waals surface area (Å²) in [7, 11) is -3.58. The quantitative estimate of drug-likeness (QED) is 0.898. The second-order valence-electron chi connectivity index (χ2n) is 7.11. The number of benzene rings is 2. The zero-order valence-corrected chi connectivity index (χ0v) is 14.5. The van der Waals surface area contributed by atoms with E-state index in [4.69, 9.17) is 0 Å². The molecule has 2 aliphatic rings. The van der Waals surface area contributed by atoms with Crippen molar-refractivity contribution in [3.8, 4) is 5.75 Å². The van der Waals surface area contributed by atoms with Gasteiger partial charge in [0, 0.05) is 24.0 Å². The van der Waals surface area contributed by atoms with Gasteiger partial charge in [0.1, 0.15) is 5.75 Å².